The van der Waals surface area contributed by atoms with E-state index in [2.05, 4.69) is 21.0 Å². The standard InChI is InChI=1S/C16H19N5O2S/c1-9-7-14(22)19-16(17-9)21-13(8-11(20-21)10-4-5-10)18-15(23)12-3-2-6-24-12/h2-3,6,8-10,16-17H,4-5,7H2,1H3,(H,18,23)(H,19,22). The first-order valence-corrected chi connectivity index (χ1v) is 8.98. The molecule has 24 heavy (non-hydrogen) atoms. The van der Waals surface area contributed by atoms with Crippen molar-refractivity contribution in [2.24, 2.45) is 0 Å². The second-order valence-electron chi connectivity index (χ2n) is 6.35. The molecule has 3 N–H and O–H groups in total. The van der Waals surface area contributed by atoms with Gasteiger partial charge in [-0.05, 0) is 31.2 Å². The van der Waals surface area contributed by atoms with Gasteiger partial charge in [0.25, 0.3) is 5.91 Å². The summed E-state index contributed by atoms with van der Waals surface area (Å²) in [6.45, 7) is 1.96. The van der Waals surface area contributed by atoms with Gasteiger partial charge in [0.2, 0.25) is 5.91 Å². The Kier molecular flexibility index (Phi) is 3.85. The van der Waals surface area contributed by atoms with Gasteiger partial charge in [0.1, 0.15) is 5.82 Å². The van der Waals surface area contributed by atoms with Gasteiger partial charge in [0.15, 0.2) is 6.29 Å². The van der Waals surface area contributed by atoms with Crippen molar-refractivity contribution in [1.29, 1.82) is 0 Å². The second-order valence-corrected chi connectivity index (χ2v) is 7.29. The normalized spacial score (nSPS) is 23.8. The molecule has 4 rings (SSSR count). The average molecular weight is 345 g/mol. The van der Waals surface area contributed by atoms with Crippen LogP contribution in [0.5, 0.6) is 0 Å². The van der Waals surface area contributed by atoms with Gasteiger partial charge in [-0.1, -0.05) is 6.07 Å². The molecule has 2 aromatic heterocycles. The number of hydrogen-bond donors (Lipinski definition) is 3. The quantitative estimate of drug-likeness (QED) is 0.791. The molecule has 2 aliphatic rings. The molecule has 2 aromatic rings. The fourth-order valence-electron chi connectivity index (χ4n) is 2.86. The molecule has 2 amide bonds. The average Bonchev–Trinajstić information content (AvgIpc) is 3.08. The predicted octanol–water partition coefficient (Wildman–Crippen LogP) is 2.03. The first-order chi connectivity index (χ1) is 11.6. The summed E-state index contributed by atoms with van der Waals surface area (Å²) in [5, 5.41) is 15.6. The van der Waals surface area contributed by atoms with E-state index >= 15 is 0 Å². The van der Waals surface area contributed by atoms with Crippen molar-refractivity contribution >= 4 is 29.0 Å². The SMILES string of the molecule is CC1CC(=O)NC(n2nc(C3CC3)cc2NC(=O)c2cccs2)N1. The van der Waals surface area contributed by atoms with E-state index in [0.29, 0.717) is 23.0 Å². The number of nitrogens with zero attached hydrogens (tertiary/aromatic N) is 2. The molecule has 0 radical (unpaired) electrons. The highest BCUT2D eigenvalue weighted by Gasteiger charge is 2.31. The van der Waals surface area contributed by atoms with E-state index in [1.807, 2.05) is 24.4 Å². The maximum Gasteiger partial charge on any atom is 0.266 e. The monoisotopic (exact) mass is 345 g/mol. The lowest BCUT2D eigenvalue weighted by molar-refractivity contribution is -0.125. The van der Waals surface area contributed by atoms with Gasteiger partial charge in [0.05, 0.1) is 10.6 Å². The zero-order valence-electron chi connectivity index (χ0n) is 13.3. The number of rotatable bonds is 4. The van der Waals surface area contributed by atoms with Crippen molar-refractivity contribution in [1.82, 2.24) is 20.4 Å². The topological polar surface area (TPSA) is 88.1 Å². The smallest absolute Gasteiger partial charge is 0.266 e. The van der Waals surface area contributed by atoms with E-state index in [0.717, 1.165) is 18.5 Å². The first-order valence-electron chi connectivity index (χ1n) is 8.10. The van der Waals surface area contributed by atoms with Crippen LogP contribution in [0.25, 0.3) is 0 Å². The van der Waals surface area contributed by atoms with Gasteiger partial charge < -0.3 is 10.6 Å². The minimum atomic E-state index is -0.451. The lowest BCUT2D eigenvalue weighted by Gasteiger charge is -2.30. The lowest BCUT2D eigenvalue weighted by Crippen LogP contribution is -2.52. The third-order valence-electron chi connectivity index (χ3n) is 4.21. The van der Waals surface area contributed by atoms with Crippen LogP contribution in [-0.2, 0) is 4.79 Å². The van der Waals surface area contributed by atoms with Crippen LogP contribution in [0.15, 0.2) is 23.6 Å². The molecule has 0 spiro atoms. The van der Waals surface area contributed by atoms with Crippen molar-refractivity contribution in [3.8, 4) is 0 Å². The highest BCUT2D eigenvalue weighted by Crippen LogP contribution is 2.40. The summed E-state index contributed by atoms with van der Waals surface area (Å²) in [4.78, 5) is 24.9. The van der Waals surface area contributed by atoms with Crippen LogP contribution in [0.1, 0.15) is 53.8 Å². The van der Waals surface area contributed by atoms with Crippen molar-refractivity contribution in [2.75, 3.05) is 5.32 Å². The summed E-state index contributed by atoms with van der Waals surface area (Å²) >= 11 is 1.39. The molecule has 0 bridgehead atoms. The Morgan fingerprint density at radius 3 is 2.96 bits per heavy atom. The number of anilines is 1. The van der Waals surface area contributed by atoms with Crippen LogP contribution in [-0.4, -0.2) is 27.6 Å². The summed E-state index contributed by atoms with van der Waals surface area (Å²) in [5.41, 5.74) is 0.964. The lowest BCUT2D eigenvalue weighted by atomic mass is 10.2. The fourth-order valence-corrected chi connectivity index (χ4v) is 3.48. The molecular formula is C16H19N5O2S. The maximum absolute atomic E-state index is 12.4. The first kappa shape index (κ1) is 15.3. The van der Waals surface area contributed by atoms with Gasteiger partial charge in [-0.2, -0.15) is 5.10 Å². The number of hydrogen-bond acceptors (Lipinski definition) is 5. The fraction of sp³-hybridized carbons (Fsp3) is 0.438. The summed E-state index contributed by atoms with van der Waals surface area (Å²) < 4.78 is 1.67. The maximum atomic E-state index is 12.4. The van der Waals surface area contributed by atoms with Crippen LogP contribution in [0.3, 0.4) is 0 Å². The van der Waals surface area contributed by atoms with E-state index in [1.54, 1.807) is 10.7 Å². The molecule has 7 nitrogen and oxygen atoms in total. The third kappa shape index (κ3) is 3.07. The molecule has 1 saturated heterocycles. The van der Waals surface area contributed by atoms with Gasteiger partial charge >= 0.3 is 0 Å². The summed E-state index contributed by atoms with van der Waals surface area (Å²) in [5.74, 6) is 0.872. The molecule has 1 aliphatic heterocycles. The van der Waals surface area contributed by atoms with Crippen molar-refractivity contribution < 1.29 is 9.59 Å². The summed E-state index contributed by atoms with van der Waals surface area (Å²) in [7, 11) is 0. The Bertz CT molecular complexity index is 766. The van der Waals surface area contributed by atoms with Gasteiger partial charge in [-0.25, -0.2) is 4.68 Å². The molecule has 1 saturated carbocycles. The summed E-state index contributed by atoms with van der Waals surface area (Å²) in [6.07, 6.45) is 2.23. The Balaban J connectivity index is 1.62. The van der Waals surface area contributed by atoms with Crippen LogP contribution < -0.4 is 16.0 Å². The molecule has 2 unspecified atom stereocenters. The molecule has 3 heterocycles. The van der Waals surface area contributed by atoms with Gasteiger partial charge in [-0.3, -0.25) is 14.9 Å². The van der Waals surface area contributed by atoms with Crippen molar-refractivity contribution in [3.05, 3.63) is 34.2 Å². The van der Waals surface area contributed by atoms with E-state index in [9.17, 15) is 9.59 Å². The highest BCUT2D eigenvalue weighted by molar-refractivity contribution is 7.12. The molecule has 2 fully saturated rings. The van der Waals surface area contributed by atoms with E-state index in [1.165, 1.54) is 11.3 Å². The van der Waals surface area contributed by atoms with Crippen LogP contribution >= 0.6 is 11.3 Å². The van der Waals surface area contributed by atoms with Crippen LogP contribution in [0, 0.1) is 0 Å². The van der Waals surface area contributed by atoms with E-state index < -0.39 is 6.29 Å². The van der Waals surface area contributed by atoms with Crippen molar-refractivity contribution in [3.63, 3.8) is 0 Å². The predicted molar refractivity (Wildman–Crippen MR) is 90.9 cm³/mol. The van der Waals surface area contributed by atoms with Crippen molar-refractivity contribution in [2.45, 2.75) is 44.4 Å². The molecule has 2 atom stereocenters. The molecule has 0 aromatic carbocycles. The number of amides is 2. The Morgan fingerprint density at radius 2 is 2.29 bits per heavy atom. The van der Waals surface area contributed by atoms with Crippen LogP contribution in [0.4, 0.5) is 5.82 Å². The second kappa shape index (κ2) is 6.03. The Labute approximate surface area is 143 Å². The zero-order chi connectivity index (χ0) is 16.7. The molecule has 8 heteroatoms. The van der Waals surface area contributed by atoms with Gasteiger partial charge in [0, 0.05) is 24.4 Å². The molecular weight excluding hydrogens is 326 g/mol. The number of carbonyl (C=O) groups is 2. The van der Waals surface area contributed by atoms with Crippen LogP contribution in [0.2, 0.25) is 0 Å². The van der Waals surface area contributed by atoms with E-state index in [4.69, 9.17) is 0 Å². The minimum absolute atomic E-state index is 0.0229. The number of nitrogens with one attached hydrogen (secondary N) is 3. The largest absolute Gasteiger partial charge is 0.322 e. The third-order valence-corrected chi connectivity index (χ3v) is 5.08. The zero-order valence-corrected chi connectivity index (χ0v) is 14.1. The number of thiophene rings is 1. The minimum Gasteiger partial charge on any atom is -0.322 e. The van der Waals surface area contributed by atoms with E-state index in [-0.39, 0.29) is 17.9 Å². The highest BCUT2D eigenvalue weighted by atomic mass is 32.1. The molecule has 1 aliphatic carbocycles. The Hall–Kier alpha value is -2.19. The number of carbonyl (C=O) groups excluding carboxylic acids is 2. The number of aromatic nitrogens is 2. The Morgan fingerprint density at radius 1 is 1.46 bits per heavy atom. The molecule has 126 valence electrons. The van der Waals surface area contributed by atoms with Gasteiger partial charge in [-0.15, -0.1) is 11.3 Å². The summed E-state index contributed by atoms with van der Waals surface area (Å²) in [6, 6.07) is 5.59.